The van der Waals surface area contributed by atoms with Gasteiger partial charge >= 0.3 is 19.8 Å². The van der Waals surface area contributed by atoms with E-state index in [1.54, 1.807) is 0 Å². The average molecular weight is 659 g/mol. The van der Waals surface area contributed by atoms with Gasteiger partial charge in [0.15, 0.2) is 12.4 Å². The Kier molecular flexibility index (Phi) is 8.70. The molecule has 0 atom stereocenters. The van der Waals surface area contributed by atoms with E-state index in [9.17, 15) is 0 Å². The predicted molar refractivity (Wildman–Crippen MR) is 154 cm³/mol. The fourth-order valence-corrected chi connectivity index (χ4v) is 4.58. The van der Waals surface area contributed by atoms with Gasteiger partial charge in [0.1, 0.15) is 6.54 Å². The smallest absolute Gasteiger partial charge is 0.337 e. The summed E-state index contributed by atoms with van der Waals surface area (Å²) in [5, 5.41) is 2.46. The van der Waals surface area contributed by atoms with E-state index in [1.807, 2.05) is 0 Å². The minimum atomic E-state index is 0. The SMILES string of the molecule is [CH2-]CC[n+]1ccc(/C=C/c2ccc3cc(N(c4cccc(C)c4)c4cccc(C)c4)ccc3c2)cc1.[Os+]. The Morgan fingerprint density at radius 3 is 1.84 bits per heavy atom. The average Bonchev–Trinajstić information content (AvgIpc) is 2.89. The number of nitrogens with zero attached hydrogens (tertiary/aromatic N) is 2. The third-order valence-electron chi connectivity index (χ3n) is 6.43. The number of hydrogen-bond donors (Lipinski definition) is 0. The third kappa shape index (κ3) is 6.43. The summed E-state index contributed by atoms with van der Waals surface area (Å²) >= 11 is 0. The van der Waals surface area contributed by atoms with Crippen molar-refractivity contribution in [2.24, 2.45) is 0 Å². The van der Waals surface area contributed by atoms with Crippen molar-refractivity contribution < 1.29 is 24.4 Å². The summed E-state index contributed by atoms with van der Waals surface area (Å²) in [6.07, 6.45) is 9.47. The fourth-order valence-electron chi connectivity index (χ4n) is 4.58. The number of pyridine rings is 1. The van der Waals surface area contributed by atoms with Crippen molar-refractivity contribution >= 4 is 40.0 Å². The van der Waals surface area contributed by atoms with Gasteiger partial charge in [0.2, 0.25) is 0 Å². The predicted octanol–water partition coefficient (Wildman–Crippen LogP) is 8.61. The molecule has 0 bridgehead atoms. The number of fused-ring (bicyclic) bond motifs is 1. The molecule has 0 N–H and O–H groups in total. The molecule has 2 nitrogen and oxygen atoms in total. The van der Waals surface area contributed by atoms with Crippen LogP contribution in [0.15, 0.2) is 109 Å². The van der Waals surface area contributed by atoms with Gasteiger partial charge in [-0.2, -0.15) is 0 Å². The molecule has 0 aliphatic carbocycles. The number of rotatable bonds is 7. The minimum absolute atomic E-state index is 0. The van der Waals surface area contributed by atoms with Gasteiger partial charge in [-0.05, 0) is 89.3 Å². The van der Waals surface area contributed by atoms with E-state index < -0.39 is 0 Å². The number of aryl methyl sites for hydroxylation is 3. The van der Waals surface area contributed by atoms with Crippen molar-refractivity contribution in [3.63, 3.8) is 0 Å². The molecule has 185 valence electrons. The largest absolute Gasteiger partial charge is 1.00 e. The van der Waals surface area contributed by atoms with Gasteiger partial charge in [-0.1, -0.05) is 54.6 Å². The van der Waals surface area contributed by atoms with Crippen molar-refractivity contribution in [1.82, 2.24) is 0 Å². The molecule has 5 aromatic rings. The second-order valence-electron chi connectivity index (χ2n) is 9.36. The maximum Gasteiger partial charge on any atom is 1.00 e. The second-order valence-corrected chi connectivity index (χ2v) is 9.36. The van der Waals surface area contributed by atoms with E-state index >= 15 is 0 Å². The molecular formula is C34H32N2Os+. The normalized spacial score (nSPS) is 11.0. The topological polar surface area (TPSA) is 7.12 Å². The number of benzene rings is 4. The van der Waals surface area contributed by atoms with Crippen LogP contribution in [0.5, 0.6) is 0 Å². The molecule has 0 fully saturated rings. The number of anilines is 3. The van der Waals surface area contributed by atoms with Gasteiger partial charge in [-0.3, -0.25) is 0 Å². The van der Waals surface area contributed by atoms with Gasteiger partial charge in [-0.15, -0.1) is 6.42 Å². The van der Waals surface area contributed by atoms with Crippen LogP contribution < -0.4 is 9.47 Å². The van der Waals surface area contributed by atoms with Crippen LogP contribution in [0.3, 0.4) is 0 Å². The molecule has 0 spiro atoms. The van der Waals surface area contributed by atoms with E-state index in [4.69, 9.17) is 0 Å². The standard InChI is InChI=1S/C34H32N2.Os/c1-4-19-35-20-17-28(18-21-35)11-12-29-13-14-31-25-34(16-15-30(31)24-29)36(32-9-5-7-26(2)22-32)33-10-6-8-27(3)23-33;/h5-18,20-25H,1,4,19H2,2-3H3;/q;+1. The summed E-state index contributed by atoms with van der Waals surface area (Å²) < 4.78 is 2.16. The zero-order valence-electron chi connectivity index (χ0n) is 21.4. The Balaban J connectivity index is 0.00000320. The molecule has 3 heteroatoms. The molecule has 1 aromatic heterocycles. The molecule has 5 rings (SSSR count). The molecular weight excluding hydrogens is 627 g/mol. The molecule has 0 amide bonds. The molecule has 1 heterocycles. The van der Waals surface area contributed by atoms with E-state index in [-0.39, 0.29) is 19.8 Å². The van der Waals surface area contributed by atoms with E-state index in [2.05, 4.69) is 152 Å². The molecule has 37 heavy (non-hydrogen) atoms. The fraction of sp³-hybridized carbons (Fsp3) is 0.118. The maximum absolute atomic E-state index is 3.92. The summed E-state index contributed by atoms with van der Waals surface area (Å²) in [6, 6.07) is 35.1. The molecule has 0 saturated carbocycles. The van der Waals surface area contributed by atoms with Gasteiger partial charge in [0.05, 0.1) is 0 Å². The Bertz CT molecular complexity index is 1470. The van der Waals surface area contributed by atoms with Crippen molar-refractivity contribution in [3.8, 4) is 0 Å². The van der Waals surface area contributed by atoms with Crippen molar-refractivity contribution in [3.05, 3.63) is 139 Å². The first-order valence-corrected chi connectivity index (χ1v) is 12.5. The molecule has 1 radical (unpaired) electrons. The van der Waals surface area contributed by atoms with Crippen LogP contribution in [0, 0.1) is 20.8 Å². The van der Waals surface area contributed by atoms with Crippen LogP contribution >= 0.6 is 0 Å². The molecule has 4 aromatic carbocycles. The van der Waals surface area contributed by atoms with E-state index in [1.165, 1.54) is 44.4 Å². The molecule has 0 unspecified atom stereocenters. The molecule has 0 aliphatic heterocycles. The van der Waals surface area contributed by atoms with E-state index in [0.29, 0.717) is 0 Å². The Hall–Kier alpha value is -3.53. The van der Waals surface area contributed by atoms with Crippen LogP contribution in [-0.2, 0) is 26.3 Å². The summed E-state index contributed by atoms with van der Waals surface area (Å²) in [6.45, 7) is 9.15. The maximum atomic E-state index is 3.92. The summed E-state index contributed by atoms with van der Waals surface area (Å²) in [4.78, 5) is 2.34. The molecule has 0 aliphatic rings. The zero-order valence-corrected chi connectivity index (χ0v) is 24.0. The van der Waals surface area contributed by atoms with Gasteiger partial charge in [0, 0.05) is 29.2 Å². The van der Waals surface area contributed by atoms with Gasteiger partial charge < -0.3 is 11.8 Å². The zero-order chi connectivity index (χ0) is 24.9. The Morgan fingerprint density at radius 1 is 0.649 bits per heavy atom. The quantitative estimate of drug-likeness (QED) is 0.126. The van der Waals surface area contributed by atoms with Crippen LogP contribution in [0.25, 0.3) is 22.9 Å². The van der Waals surface area contributed by atoms with Crippen LogP contribution in [0.4, 0.5) is 17.1 Å². The van der Waals surface area contributed by atoms with Crippen LogP contribution in [0.2, 0.25) is 0 Å². The van der Waals surface area contributed by atoms with Crippen LogP contribution in [-0.4, -0.2) is 0 Å². The third-order valence-corrected chi connectivity index (χ3v) is 6.43. The minimum Gasteiger partial charge on any atom is -0.337 e. The van der Waals surface area contributed by atoms with Crippen LogP contribution in [0.1, 0.15) is 28.7 Å². The first kappa shape index (κ1) is 26.5. The summed E-state index contributed by atoms with van der Waals surface area (Å²) in [5.41, 5.74) is 8.37. The molecule has 0 saturated heterocycles. The Morgan fingerprint density at radius 2 is 1.22 bits per heavy atom. The van der Waals surface area contributed by atoms with Crippen molar-refractivity contribution in [1.29, 1.82) is 0 Å². The summed E-state index contributed by atoms with van der Waals surface area (Å²) in [7, 11) is 0. The second kappa shape index (κ2) is 12.1. The first-order chi connectivity index (χ1) is 17.6. The van der Waals surface area contributed by atoms with Gasteiger partial charge in [0.25, 0.3) is 0 Å². The van der Waals surface area contributed by atoms with E-state index in [0.717, 1.165) is 18.7 Å². The summed E-state index contributed by atoms with van der Waals surface area (Å²) in [5.74, 6) is 0. The number of hydrogen-bond acceptors (Lipinski definition) is 1. The Labute approximate surface area is 234 Å². The monoisotopic (exact) mass is 660 g/mol. The first-order valence-electron chi connectivity index (χ1n) is 12.5. The van der Waals surface area contributed by atoms with Gasteiger partial charge in [-0.25, -0.2) is 4.57 Å². The van der Waals surface area contributed by atoms with Crippen molar-refractivity contribution in [2.75, 3.05) is 4.90 Å². The van der Waals surface area contributed by atoms with Crippen molar-refractivity contribution in [2.45, 2.75) is 26.8 Å². The number of aromatic nitrogens is 1.